The van der Waals surface area contributed by atoms with Crippen molar-refractivity contribution >= 4 is 40.9 Å². The van der Waals surface area contributed by atoms with Crippen molar-refractivity contribution in [2.24, 2.45) is 29.6 Å². The first-order valence-electron chi connectivity index (χ1n) is 10.2. The van der Waals surface area contributed by atoms with Crippen molar-refractivity contribution in [3.63, 3.8) is 0 Å². The van der Waals surface area contributed by atoms with Crippen LogP contribution in [0.5, 0.6) is 0 Å². The number of H-pyrrole nitrogens is 1. The third-order valence-electron chi connectivity index (χ3n) is 7.37. The van der Waals surface area contributed by atoms with E-state index in [-0.39, 0.29) is 52.2 Å². The van der Waals surface area contributed by atoms with Crippen LogP contribution >= 0.6 is 23.1 Å². The maximum Gasteiger partial charge on any atom is 0.325 e. The summed E-state index contributed by atoms with van der Waals surface area (Å²) in [6, 6.07) is 3.91. The molecule has 1 N–H and O–H groups in total. The standard InChI is InChI=1S/C21H19N3O5S2/c1-29-11(25)7-24-19(26)14-9-5-10(15(14)20(24)27)16-13(9)12(8-3-2-4-22-6-8)17-18(30-16)23-21(28)31-17/h2-4,6,9-10,12-16H,5,7H2,1H3,(H,23,28)/t9-,10-,12-,13-,14+,15-,16+/m1/s1. The van der Waals surface area contributed by atoms with Gasteiger partial charge in [0.15, 0.2) is 0 Å². The van der Waals surface area contributed by atoms with Crippen LogP contribution < -0.4 is 4.87 Å². The Labute approximate surface area is 185 Å². The number of aromatic amines is 1. The van der Waals surface area contributed by atoms with Gasteiger partial charge in [-0.15, -0.1) is 11.8 Å². The number of likely N-dealkylation sites (tertiary alicyclic amines) is 1. The quantitative estimate of drug-likeness (QED) is 0.549. The van der Waals surface area contributed by atoms with Crippen molar-refractivity contribution in [1.29, 1.82) is 0 Å². The Kier molecular flexibility index (Phi) is 4.20. The lowest BCUT2D eigenvalue weighted by atomic mass is 9.68. The molecule has 3 fully saturated rings. The van der Waals surface area contributed by atoms with Crippen molar-refractivity contribution in [2.75, 3.05) is 13.7 Å². The number of rotatable bonds is 3. The molecule has 4 heterocycles. The molecule has 2 saturated carbocycles. The number of fused-ring (bicyclic) bond motifs is 9. The number of aromatic nitrogens is 2. The Morgan fingerprint density at radius 2 is 2.03 bits per heavy atom. The molecule has 0 unspecified atom stereocenters. The Balaban J connectivity index is 1.43. The van der Waals surface area contributed by atoms with Crippen LogP contribution in [0.1, 0.15) is 22.8 Å². The van der Waals surface area contributed by atoms with Gasteiger partial charge in [0, 0.05) is 28.4 Å². The maximum atomic E-state index is 13.2. The van der Waals surface area contributed by atoms with Gasteiger partial charge in [-0.2, -0.15) is 0 Å². The van der Waals surface area contributed by atoms with Gasteiger partial charge < -0.3 is 9.72 Å². The number of thiazole rings is 1. The van der Waals surface area contributed by atoms with Crippen LogP contribution in [0.15, 0.2) is 34.3 Å². The minimum absolute atomic E-state index is 0.0298. The Hall–Kier alpha value is -2.46. The van der Waals surface area contributed by atoms with Crippen LogP contribution in [0.4, 0.5) is 0 Å². The van der Waals surface area contributed by atoms with Crippen LogP contribution in [-0.2, 0) is 19.1 Å². The second-order valence-electron chi connectivity index (χ2n) is 8.59. The van der Waals surface area contributed by atoms with E-state index in [1.807, 2.05) is 18.3 Å². The molecule has 4 aliphatic rings. The minimum Gasteiger partial charge on any atom is -0.468 e. The molecule has 160 valence electrons. The van der Waals surface area contributed by atoms with Crippen molar-refractivity contribution in [3.05, 3.63) is 44.6 Å². The number of imide groups is 1. The number of ether oxygens (including phenoxy) is 1. The van der Waals surface area contributed by atoms with Crippen molar-refractivity contribution in [2.45, 2.75) is 22.6 Å². The molecule has 2 aromatic rings. The first kappa shape index (κ1) is 19.2. The molecular weight excluding hydrogens is 438 g/mol. The number of carbonyl (C=O) groups excluding carboxylic acids is 3. The molecule has 6 rings (SSSR count). The molecule has 2 amide bonds. The number of thioether (sulfide) groups is 1. The molecule has 1 saturated heterocycles. The van der Waals surface area contributed by atoms with Gasteiger partial charge in [-0.3, -0.25) is 29.1 Å². The highest BCUT2D eigenvalue weighted by molar-refractivity contribution is 8.00. The minimum atomic E-state index is -0.589. The van der Waals surface area contributed by atoms with E-state index in [1.54, 1.807) is 18.0 Å². The average molecular weight is 458 g/mol. The molecule has 2 aromatic heterocycles. The summed E-state index contributed by atoms with van der Waals surface area (Å²) in [4.78, 5) is 59.6. The lowest BCUT2D eigenvalue weighted by molar-refractivity contribution is -0.151. The molecule has 0 spiro atoms. The molecule has 0 aromatic carbocycles. The predicted molar refractivity (Wildman–Crippen MR) is 111 cm³/mol. The van der Waals surface area contributed by atoms with E-state index in [2.05, 4.69) is 14.7 Å². The number of esters is 1. The van der Waals surface area contributed by atoms with Gasteiger partial charge in [-0.1, -0.05) is 17.4 Å². The SMILES string of the molecule is COC(=O)CN1C(=O)[C@@H]2[C@H]3C[C@@H]([C@@H]2C1=O)[C@@H]1[C@@H](c2cccnc2)c2sc(=O)[nH]c2S[C@@H]31. The molecule has 8 nitrogen and oxygen atoms in total. The molecule has 0 radical (unpaired) electrons. The number of hydrogen-bond donors (Lipinski definition) is 1. The molecule has 31 heavy (non-hydrogen) atoms. The number of hydrogen-bond acceptors (Lipinski definition) is 8. The zero-order valence-electron chi connectivity index (χ0n) is 16.5. The number of nitrogens with one attached hydrogen (secondary N) is 1. The summed E-state index contributed by atoms with van der Waals surface area (Å²) in [6.07, 6.45) is 4.37. The van der Waals surface area contributed by atoms with E-state index < -0.39 is 17.8 Å². The van der Waals surface area contributed by atoms with E-state index in [1.165, 1.54) is 18.4 Å². The summed E-state index contributed by atoms with van der Waals surface area (Å²) in [6.45, 7) is -0.324. The van der Waals surface area contributed by atoms with Gasteiger partial charge >= 0.3 is 10.8 Å². The predicted octanol–water partition coefficient (Wildman–Crippen LogP) is 1.48. The van der Waals surface area contributed by atoms with E-state index >= 15 is 0 Å². The molecule has 7 atom stereocenters. The van der Waals surface area contributed by atoms with Gasteiger partial charge in [0.2, 0.25) is 11.8 Å². The fourth-order valence-corrected chi connectivity index (χ4v) is 9.25. The summed E-state index contributed by atoms with van der Waals surface area (Å²) >= 11 is 2.87. The van der Waals surface area contributed by atoms with E-state index in [0.717, 1.165) is 26.8 Å². The number of nitrogens with zero attached hydrogens (tertiary/aromatic N) is 2. The number of methoxy groups -OCH3 is 1. The van der Waals surface area contributed by atoms with Crippen LogP contribution in [0, 0.1) is 29.6 Å². The molecule has 2 bridgehead atoms. The van der Waals surface area contributed by atoms with Crippen LogP contribution in [-0.4, -0.2) is 51.6 Å². The van der Waals surface area contributed by atoms with E-state index in [9.17, 15) is 19.2 Å². The third kappa shape index (κ3) is 2.57. The lowest BCUT2D eigenvalue weighted by Crippen LogP contribution is -2.42. The zero-order valence-corrected chi connectivity index (χ0v) is 18.2. The number of carbonyl (C=O) groups is 3. The van der Waals surface area contributed by atoms with Gasteiger partial charge in [-0.05, 0) is 35.8 Å². The fraction of sp³-hybridized carbons (Fsp3) is 0.476. The van der Waals surface area contributed by atoms with Gasteiger partial charge in [0.05, 0.1) is 24.0 Å². The van der Waals surface area contributed by atoms with Gasteiger partial charge in [-0.25, -0.2) is 0 Å². The third-order valence-corrected chi connectivity index (χ3v) is 9.96. The molecule has 10 heteroatoms. The topological polar surface area (TPSA) is 109 Å². The number of amides is 2. The van der Waals surface area contributed by atoms with Gasteiger partial charge in [0.1, 0.15) is 6.54 Å². The molecular formula is C21H19N3O5S2. The highest BCUT2D eigenvalue weighted by Gasteiger charge is 2.69. The second-order valence-corrected chi connectivity index (χ2v) is 10.8. The monoisotopic (exact) mass is 457 g/mol. The summed E-state index contributed by atoms with van der Waals surface area (Å²) in [5.41, 5.74) is 1.03. The van der Waals surface area contributed by atoms with Crippen LogP contribution in [0.25, 0.3) is 0 Å². The maximum absolute atomic E-state index is 13.2. The summed E-state index contributed by atoms with van der Waals surface area (Å²) in [5, 5.41) is 1.00. The van der Waals surface area contributed by atoms with Crippen molar-refractivity contribution in [3.8, 4) is 0 Å². The Bertz CT molecular complexity index is 1160. The van der Waals surface area contributed by atoms with Crippen LogP contribution in [0.3, 0.4) is 0 Å². The largest absolute Gasteiger partial charge is 0.468 e. The smallest absolute Gasteiger partial charge is 0.325 e. The molecule has 2 aliphatic heterocycles. The zero-order chi connectivity index (χ0) is 21.4. The highest BCUT2D eigenvalue weighted by Crippen LogP contribution is 2.68. The summed E-state index contributed by atoms with van der Waals surface area (Å²) < 4.78 is 4.68. The number of pyridine rings is 1. The summed E-state index contributed by atoms with van der Waals surface area (Å²) in [7, 11) is 1.25. The Morgan fingerprint density at radius 1 is 1.26 bits per heavy atom. The van der Waals surface area contributed by atoms with Crippen molar-refractivity contribution < 1.29 is 19.1 Å². The summed E-state index contributed by atoms with van der Waals surface area (Å²) in [5.74, 6) is -1.72. The Morgan fingerprint density at radius 3 is 2.74 bits per heavy atom. The first-order chi connectivity index (χ1) is 15.0. The van der Waals surface area contributed by atoms with E-state index in [4.69, 9.17) is 0 Å². The normalized spacial score (nSPS) is 35.1. The van der Waals surface area contributed by atoms with Crippen LogP contribution in [0.2, 0.25) is 0 Å². The fourth-order valence-electron chi connectivity index (χ4n) is 6.36. The van der Waals surface area contributed by atoms with Crippen molar-refractivity contribution in [1.82, 2.24) is 14.9 Å². The lowest BCUT2D eigenvalue weighted by Gasteiger charge is -2.42. The first-order valence-corrected chi connectivity index (χ1v) is 11.9. The highest BCUT2D eigenvalue weighted by atomic mass is 32.2. The van der Waals surface area contributed by atoms with E-state index in [0.29, 0.717) is 0 Å². The average Bonchev–Trinajstić information content (AvgIpc) is 3.49. The molecule has 2 aliphatic carbocycles. The second kappa shape index (κ2) is 6.77. The van der Waals surface area contributed by atoms with Gasteiger partial charge in [0.25, 0.3) is 0 Å².